The summed E-state index contributed by atoms with van der Waals surface area (Å²) in [5.41, 5.74) is 2.12. The molecule has 0 aliphatic carbocycles. The Morgan fingerprint density at radius 1 is 1.50 bits per heavy atom. The number of amides is 1. The van der Waals surface area contributed by atoms with Crippen LogP contribution in [0.1, 0.15) is 28.7 Å². The zero-order valence-corrected chi connectivity index (χ0v) is 8.56. The number of nitrogens with zero attached hydrogens (tertiary/aromatic N) is 2. The lowest BCUT2D eigenvalue weighted by Crippen LogP contribution is -2.34. The largest absolute Gasteiger partial charge is 0.352 e. The summed E-state index contributed by atoms with van der Waals surface area (Å²) in [5.74, 6) is -0.0835. The highest BCUT2D eigenvalue weighted by molar-refractivity contribution is 6.28. The molecule has 0 saturated carbocycles. The predicted molar refractivity (Wildman–Crippen MR) is 52.5 cm³/mol. The van der Waals surface area contributed by atoms with E-state index in [0.29, 0.717) is 18.5 Å². The summed E-state index contributed by atoms with van der Waals surface area (Å²) in [5, 5.41) is 3.00. The third-order valence-electron chi connectivity index (χ3n) is 2.24. The molecule has 0 radical (unpaired) electrons. The molecule has 5 heteroatoms. The maximum Gasteiger partial charge on any atom is 0.255 e. The minimum atomic E-state index is -0.0835. The van der Waals surface area contributed by atoms with Crippen LogP contribution < -0.4 is 5.32 Å². The molecule has 0 aromatic carbocycles. The fraction of sp³-hybridized carbons (Fsp3) is 0.444. The van der Waals surface area contributed by atoms with Crippen LogP contribution in [0.3, 0.4) is 0 Å². The van der Waals surface area contributed by atoms with Crippen LogP contribution in [0.25, 0.3) is 0 Å². The molecule has 2 heterocycles. The van der Waals surface area contributed by atoms with Crippen LogP contribution in [0.5, 0.6) is 0 Å². The predicted octanol–water partition coefficient (Wildman–Crippen LogP) is 0.978. The molecule has 1 aromatic heterocycles. The minimum absolute atomic E-state index is 0.0835. The smallest absolute Gasteiger partial charge is 0.255 e. The maximum atomic E-state index is 11.5. The van der Waals surface area contributed by atoms with Gasteiger partial charge in [0.25, 0.3) is 5.91 Å². The molecule has 2 rings (SSSR count). The van der Waals surface area contributed by atoms with Gasteiger partial charge in [-0.3, -0.25) is 4.79 Å². The molecule has 1 aromatic rings. The van der Waals surface area contributed by atoms with E-state index in [1.807, 2.05) is 6.92 Å². The van der Waals surface area contributed by atoms with Crippen molar-refractivity contribution < 1.29 is 4.79 Å². The van der Waals surface area contributed by atoms with Gasteiger partial charge in [-0.2, -0.15) is 0 Å². The zero-order valence-electron chi connectivity index (χ0n) is 7.80. The van der Waals surface area contributed by atoms with Gasteiger partial charge in [-0.25, -0.2) is 9.97 Å². The van der Waals surface area contributed by atoms with E-state index in [-0.39, 0.29) is 11.2 Å². The molecule has 0 atom stereocenters. The first-order chi connectivity index (χ1) is 6.72. The second-order valence-electron chi connectivity index (χ2n) is 3.12. The van der Waals surface area contributed by atoms with Gasteiger partial charge in [-0.1, -0.05) is 6.92 Å². The highest BCUT2D eigenvalue weighted by Gasteiger charge is 2.22. The molecule has 0 bridgehead atoms. The van der Waals surface area contributed by atoms with Crippen LogP contribution in [0.4, 0.5) is 0 Å². The fourth-order valence-corrected chi connectivity index (χ4v) is 1.81. The summed E-state index contributed by atoms with van der Waals surface area (Å²) in [6.07, 6.45) is 1.42. The van der Waals surface area contributed by atoms with Crippen molar-refractivity contribution in [1.82, 2.24) is 15.3 Å². The molecule has 14 heavy (non-hydrogen) atoms. The Morgan fingerprint density at radius 3 is 3.00 bits per heavy atom. The van der Waals surface area contributed by atoms with Gasteiger partial charge in [0.1, 0.15) is 0 Å². The second-order valence-corrected chi connectivity index (χ2v) is 3.46. The van der Waals surface area contributed by atoms with Gasteiger partial charge in [-0.15, -0.1) is 0 Å². The van der Waals surface area contributed by atoms with E-state index >= 15 is 0 Å². The number of nitrogens with one attached hydrogen (secondary N) is 1. The van der Waals surface area contributed by atoms with Gasteiger partial charge in [0.2, 0.25) is 5.28 Å². The van der Waals surface area contributed by atoms with Crippen molar-refractivity contribution in [3.63, 3.8) is 0 Å². The number of fused-ring (bicyclic) bond motifs is 1. The summed E-state index contributed by atoms with van der Waals surface area (Å²) in [6, 6.07) is 0. The molecule has 1 N–H and O–H groups in total. The van der Waals surface area contributed by atoms with E-state index in [1.54, 1.807) is 0 Å². The van der Waals surface area contributed by atoms with E-state index in [0.717, 1.165) is 17.8 Å². The molecule has 1 aliphatic heterocycles. The maximum absolute atomic E-state index is 11.5. The normalized spacial score (nSPS) is 14.9. The molecule has 1 amide bonds. The Hall–Kier alpha value is -1.16. The molecule has 0 saturated heterocycles. The van der Waals surface area contributed by atoms with Crippen LogP contribution in [0.2, 0.25) is 5.28 Å². The zero-order chi connectivity index (χ0) is 10.1. The summed E-state index contributed by atoms with van der Waals surface area (Å²) in [6.45, 7) is 2.57. The second kappa shape index (κ2) is 3.53. The monoisotopic (exact) mass is 211 g/mol. The Bertz CT molecular complexity index is 375. The molecule has 0 unspecified atom stereocenters. The molecule has 0 fully saturated rings. The van der Waals surface area contributed by atoms with E-state index in [4.69, 9.17) is 11.6 Å². The van der Waals surface area contributed by atoms with E-state index in [1.165, 1.54) is 0 Å². The lowest BCUT2D eigenvalue weighted by Gasteiger charge is -2.17. The Labute approximate surface area is 86.7 Å². The first kappa shape index (κ1) is 9.40. The molecular formula is C9H10ClN3O. The van der Waals surface area contributed by atoms with Gasteiger partial charge in [0.05, 0.1) is 17.0 Å². The molecule has 4 nitrogen and oxygen atoms in total. The van der Waals surface area contributed by atoms with Crippen molar-refractivity contribution in [3.8, 4) is 0 Å². The molecule has 1 aliphatic rings. The molecular weight excluding hydrogens is 202 g/mol. The third-order valence-corrected chi connectivity index (χ3v) is 2.41. The summed E-state index contributed by atoms with van der Waals surface area (Å²) in [7, 11) is 0. The summed E-state index contributed by atoms with van der Waals surface area (Å²) in [4.78, 5) is 19.7. The number of carbonyl (C=O) groups is 1. The van der Waals surface area contributed by atoms with Crippen LogP contribution in [0, 0.1) is 0 Å². The summed E-state index contributed by atoms with van der Waals surface area (Å²) >= 11 is 5.75. The van der Waals surface area contributed by atoms with Crippen molar-refractivity contribution in [2.45, 2.75) is 19.8 Å². The number of rotatable bonds is 1. The highest BCUT2D eigenvalue weighted by atomic mass is 35.5. The number of carbonyl (C=O) groups excluding carboxylic acids is 1. The number of aromatic nitrogens is 2. The van der Waals surface area contributed by atoms with Crippen molar-refractivity contribution in [3.05, 3.63) is 22.2 Å². The van der Waals surface area contributed by atoms with Gasteiger partial charge in [-0.05, 0) is 18.0 Å². The van der Waals surface area contributed by atoms with Crippen LogP contribution in [0.15, 0.2) is 0 Å². The van der Waals surface area contributed by atoms with Gasteiger partial charge >= 0.3 is 0 Å². The lowest BCUT2D eigenvalue weighted by molar-refractivity contribution is 0.0943. The van der Waals surface area contributed by atoms with Crippen molar-refractivity contribution in [2.75, 3.05) is 6.54 Å². The summed E-state index contributed by atoms with van der Waals surface area (Å²) < 4.78 is 0. The SMILES string of the molecule is CCc1nc(Cl)nc2c1C(=O)NCC2. The lowest BCUT2D eigenvalue weighted by atomic mass is 10.0. The van der Waals surface area contributed by atoms with Gasteiger partial charge in [0.15, 0.2) is 0 Å². The first-order valence-corrected chi connectivity index (χ1v) is 4.93. The van der Waals surface area contributed by atoms with E-state index < -0.39 is 0 Å². The van der Waals surface area contributed by atoms with Crippen LogP contribution in [-0.4, -0.2) is 22.4 Å². The quantitative estimate of drug-likeness (QED) is 0.705. The van der Waals surface area contributed by atoms with Crippen LogP contribution >= 0.6 is 11.6 Å². The Balaban J connectivity index is 2.61. The van der Waals surface area contributed by atoms with E-state index in [9.17, 15) is 4.79 Å². The molecule has 74 valence electrons. The van der Waals surface area contributed by atoms with Gasteiger partial charge in [0, 0.05) is 13.0 Å². The Kier molecular flexibility index (Phi) is 2.37. The topological polar surface area (TPSA) is 54.9 Å². The van der Waals surface area contributed by atoms with Crippen LogP contribution in [-0.2, 0) is 12.8 Å². The van der Waals surface area contributed by atoms with E-state index in [2.05, 4.69) is 15.3 Å². The van der Waals surface area contributed by atoms with Crippen molar-refractivity contribution in [2.24, 2.45) is 0 Å². The van der Waals surface area contributed by atoms with Crippen molar-refractivity contribution >= 4 is 17.5 Å². The minimum Gasteiger partial charge on any atom is -0.352 e. The number of hydrogen-bond acceptors (Lipinski definition) is 3. The number of hydrogen-bond donors (Lipinski definition) is 1. The standard InChI is InChI=1S/C9H10ClN3O/c1-2-5-7-6(13-9(10)12-5)3-4-11-8(7)14/h2-4H2,1H3,(H,11,14). The average molecular weight is 212 g/mol. The van der Waals surface area contributed by atoms with Gasteiger partial charge < -0.3 is 5.32 Å². The highest BCUT2D eigenvalue weighted by Crippen LogP contribution is 2.17. The molecule has 0 spiro atoms. The van der Waals surface area contributed by atoms with Crippen molar-refractivity contribution in [1.29, 1.82) is 0 Å². The third kappa shape index (κ3) is 1.46. The number of aryl methyl sites for hydroxylation is 1. The average Bonchev–Trinajstić information content (AvgIpc) is 2.16. The number of halogens is 1. The Morgan fingerprint density at radius 2 is 2.29 bits per heavy atom. The fourth-order valence-electron chi connectivity index (χ4n) is 1.61. The first-order valence-electron chi connectivity index (χ1n) is 4.56.